The summed E-state index contributed by atoms with van der Waals surface area (Å²) in [6.07, 6.45) is -0.628. The van der Waals surface area contributed by atoms with E-state index in [0.717, 1.165) is 0 Å². The summed E-state index contributed by atoms with van der Waals surface area (Å²) in [5.74, 6) is -1.34. The second kappa shape index (κ2) is 5.77. The summed E-state index contributed by atoms with van der Waals surface area (Å²) in [4.78, 5) is 23.7. The molecule has 112 valence electrons. The molecule has 4 nitrogen and oxygen atoms in total. The third-order valence-electron chi connectivity index (χ3n) is 3.35. The Balaban J connectivity index is 1.70. The quantitative estimate of drug-likeness (QED) is 0.877. The average molecular weight is 320 g/mol. The van der Waals surface area contributed by atoms with E-state index in [2.05, 4.69) is 5.32 Å². The second-order valence-electron chi connectivity index (χ2n) is 4.86. The van der Waals surface area contributed by atoms with Crippen molar-refractivity contribution in [3.8, 4) is 0 Å². The van der Waals surface area contributed by atoms with Gasteiger partial charge in [0.25, 0.3) is 0 Å². The first kappa shape index (κ1) is 14.5. The Morgan fingerprint density at radius 2 is 2.05 bits per heavy atom. The highest BCUT2D eigenvalue weighted by atomic mass is 35.5. The van der Waals surface area contributed by atoms with Crippen LogP contribution in [0.25, 0.3) is 0 Å². The first-order chi connectivity index (χ1) is 10.5. The van der Waals surface area contributed by atoms with Crippen LogP contribution >= 0.6 is 11.6 Å². The van der Waals surface area contributed by atoms with Crippen molar-refractivity contribution in [3.05, 3.63) is 64.4 Å². The van der Waals surface area contributed by atoms with Crippen LogP contribution in [0.3, 0.4) is 0 Å². The zero-order chi connectivity index (χ0) is 15.7. The van der Waals surface area contributed by atoms with Crippen LogP contribution in [0.15, 0.2) is 42.5 Å². The van der Waals surface area contributed by atoms with Crippen molar-refractivity contribution in [2.24, 2.45) is 0 Å². The smallest absolute Gasteiger partial charge is 0.339 e. The van der Waals surface area contributed by atoms with Crippen LogP contribution in [0, 0.1) is 5.82 Å². The lowest BCUT2D eigenvalue weighted by Crippen LogP contribution is -2.15. The van der Waals surface area contributed by atoms with Gasteiger partial charge in [-0.05, 0) is 24.3 Å². The molecule has 6 heteroatoms. The van der Waals surface area contributed by atoms with Crippen LogP contribution in [0.5, 0.6) is 0 Å². The van der Waals surface area contributed by atoms with E-state index in [-0.39, 0.29) is 17.4 Å². The molecule has 3 rings (SSSR count). The maximum absolute atomic E-state index is 13.1. The number of hydrogen-bond donors (Lipinski definition) is 1. The largest absolute Gasteiger partial charge is 0.453 e. The molecular formula is C16H11ClFNO3. The predicted molar refractivity (Wildman–Crippen MR) is 79.3 cm³/mol. The number of fused-ring (bicyclic) bond motifs is 1. The number of ether oxygens (including phenoxy) is 1. The lowest BCUT2D eigenvalue weighted by molar-refractivity contribution is -0.118. The third-order valence-corrected chi connectivity index (χ3v) is 3.64. The minimum atomic E-state index is -0.611. The van der Waals surface area contributed by atoms with Gasteiger partial charge in [0.1, 0.15) is 11.9 Å². The Labute approximate surface area is 130 Å². The van der Waals surface area contributed by atoms with E-state index in [1.165, 1.54) is 18.2 Å². The zero-order valence-corrected chi connectivity index (χ0v) is 12.1. The molecule has 1 aliphatic heterocycles. The summed E-state index contributed by atoms with van der Waals surface area (Å²) in [6, 6.07) is 10.8. The molecule has 0 fully saturated rings. The van der Waals surface area contributed by atoms with Crippen LogP contribution in [0.1, 0.15) is 28.4 Å². The Hall–Kier alpha value is -2.40. The molecule has 0 radical (unpaired) electrons. The molecule has 1 aliphatic rings. The first-order valence-electron chi connectivity index (χ1n) is 6.59. The number of cyclic esters (lactones) is 1. The minimum Gasteiger partial charge on any atom is -0.453 e. The second-order valence-corrected chi connectivity index (χ2v) is 5.27. The van der Waals surface area contributed by atoms with Gasteiger partial charge in [0.05, 0.1) is 17.0 Å². The van der Waals surface area contributed by atoms with E-state index >= 15 is 0 Å². The van der Waals surface area contributed by atoms with E-state index < -0.39 is 17.9 Å². The number of carbonyl (C=O) groups excluding carboxylic acids is 2. The maximum Gasteiger partial charge on any atom is 0.339 e. The maximum atomic E-state index is 13.1. The van der Waals surface area contributed by atoms with E-state index in [0.29, 0.717) is 16.8 Å². The number of nitrogens with one attached hydrogen (secondary N) is 1. The summed E-state index contributed by atoms with van der Waals surface area (Å²) in [5, 5.41) is 2.53. The van der Waals surface area contributed by atoms with E-state index in [1.54, 1.807) is 24.3 Å². The van der Waals surface area contributed by atoms with Gasteiger partial charge in [0.15, 0.2) is 0 Å². The van der Waals surface area contributed by atoms with Gasteiger partial charge in [0, 0.05) is 11.3 Å². The van der Waals surface area contributed by atoms with Gasteiger partial charge in [-0.2, -0.15) is 0 Å². The molecule has 2 aromatic rings. The number of benzene rings is 2. The number of halogens is 2. The fourth-order valence-electron chi connectivity index (χ4n) is 2.33. The fraction of sp³-hybridized carbons (Fsp3) is 0.125. The molecule has 1 heterocycles. The number of carbonyl (C=O) groups is 2. The molecule has 2 aromatic carbocycles. The Morgan fingerprint density at radius 3 is 2.82 bits per heavy atom. The van der Waals surface area contributed by atoms with E-state index in [9.17, 15) is 14.0 Å². The Kier molecular flexibility index (Phi) is 3.81. The molecule has 0 saturated heterocycles. The lowest BCUT2D eigenvalue weighted by Gasteiger charge is -2.11. The topological polar surface area (TPSA) is 55.4 Å². The Morgan fingerprint density at radius 1 is 1.27 bits per heavy atom. The average Bonchev–Trinajstić information content (AvgIpc) is 2.80. The van der Waals surface area contributed by atoms with Crippen LogP contribution < -0.4 is 5.32 Å². The highest BCUT2D eigenvalue weighted by Gasteiger charge is 2.32. The van der Waals surface area contributed by atoms with Gasteiger partial charge in [-0.3, -0.25) is 4.79 Å². The number of anilines is 1. The van der Waals surface area contributed by atoms with Crippen molar-refractivity contribution in [2.75, 3.05) is 5.32 Å². The normalized spacial score (nSPS) is 16.1. The van der Waals surface area contributed by atoms with Crippen LogP contribution in [0.2, 0.25) is 5.02 Å². The molecule has 0 aromatic heterocycles. The molecule has 1 amide bonds. The summed E-state index contributed by atoms with van der Waals surface area (Å²) >= 11 is 5.66. The lowest BCUT2D eigenvalue weighted by atomic mass is 10.0. The molecule has 1 atom stereocenters. The predicted octanol–water partition coefficient (Wildman–Crippen LogP) is 3.72. The summed E-state index contributed by atoms with van der Waals surface area (Å²) in [7, 11) is 0. The van der Waals surface area contributed by atoms with Gasteiger partial charge >= 0.3 is 5.97 Å². The van der Waals surface area contributed by atoms with Crippen molar-refractivity contribution in [2.45, 2.75) is 12.5 Å². The molecule has 0 spiro atoms. The standard InChI is InChI=1S/C16H11ClFNO3/c17-12-7-9(5-6-13(12)18)19-15(20)8-14-10-3-1-2-4-11(10)16(21)22-14/h1-7,14H,8H2,(H,19,20)/t14-/m1/s1. The van der Waals surface area contributed by atoms with Gasteiger partial charge in [0.2, 0.25) is 5.91 Å². The number of hydrogen-bond acceptors (Lipinski definition) is 3. The monoisotopic (exact) mass is 319 g/mol. The van der Waals surface area contributed by atoms with Crippen molar-refractivity contribution in [3.63, 3.8) is 0 Å². The molecule has 0 saturated carbocycles. The third kappa shape index (κ3) is 2.80. The molecule has 0 bridgehead atoms. The molecule has 22 heavy (non-hydrogen) atoms. The van der Waals surface area contributed by atoms with Crippen LogP contribution in [-0.4, -0.2) is 11.9 Å². The number of rotatable bonds is 3. The highest BCUT2D eigenvalue weighted by molar-refractivity contribution is 6.31. The first-order valence-corrected chi connectivity index (χ1v) is 6.97. The zero-order valence-electron chi connectivity index (χ0n) is 11.3. The minimum absolute atomic E-state index is 0.0161. The molecule has 0 aliphatic carbocycles. The van der Waals surface area contributed by atoms with Gasteiger partial charge in [-0.1, -0.05) is 29.8 Å². The van der Waals surface area contributed by atoms with Gasteiger partial charge in [-0.15, -0.1) is 0 Å². The van der Waals surface area contributed by atoms with Crippen molar-refractivity contribution < 1.29 is 18.7 Å². The SMILES string of the molecule is O=C(C[C@H]1OC(=O)c2ccccc21)Nc1ccc(F)c(Cl)c1. The Bertz CT molecular complexity index is 763. The van der Waals surface area contributed by atoms with E-state index in [1.807, 2.05) is 0 Å². The van der Waals surface area contributed by atoms with Gasteiger partial charge < -0.3 is 10.1 Å². The summed E-state index contributed by atoms with van der Waals surface area (Å²) in [6.45, 7) is 0. The van der Waals surface area contributed by atoms with Gasteiger partial charge in [-0.25, -0.2) is 9.18 Å². The van der Waals surface area contributed by atoms with Crippen molar-refractivity contribution in [1.82, 2.24) is 0 Å². The summed E-state index contributed by atoms with van der Waals surface area (Å²) < 4.78 is 18.3. The fourth-order valence-corrected chi connectivity index (χ4v) is 2.51. The van der Waals surface area contributed by atoms with Crippen molar-refractivity contribution in [1.29, 1.82) is 0 Å². The summed E-state index contributed by atoms with van der Waals surface area (Å²) in [5.41, 5.74) is 1.55. The van der Waals surface area contributed by atoms with Crippen molar-refractivity contribution >= 4 is 29.2 Å². The number of esters is 1. The number of amides is 1. The van der Waals surface area contributed by atoms with Crippen LogP contribution in [0.4, 0.5) is 10.1 Å². The van der Waals surface area contributed by atoms with Crippen LogP contribution in [-0.2, 0) is 9.53 Å². The molecule has 0 unspecified atom stereocenters. The molecule has 1 N–H and O–H groups in total. The molecular weight excluding hydrogens is 309 g/mol. The van der Waals surface area contributed by atoms with E-state index in [4.69, 9.17) is 16.3 Å². The highest BCUT2D eigenvalue weighted by Crippen LogP contribution is 2.33.